The smallest absolute Gasteiger partial charge is 0.410 e. The van der Waals surface area contributed by atoms with E-state index in [-0.39, 0.29) is 12.5 Å². The van der Waals surface area contributed by atoms with Crippen LogP contribution in [-0.4, -0.2) is 40.8 Å². The van der Waals surface area contributed by atoms with Crippen molar-refractivity contribution in [3.63, 3.8) is 0 Å². The van der Waals surface area contributed by atoms with Crippen LogP contribution in [0.2, 0.25) is 0 Å². The van der Waals surface area contributed by atoms with Crippen molar-refractivity contribution in [2.24, 2.45) is 5.92 Å². The molecule has 1 saturated heterocycles. The Kier molecular flexibility index (Phi) is 4.41. The Morgan fingerprint density at radius 1 is 1.08 bits per heavy atom. The number of carboxylic acids is 1. The highest BCUT2D eigenvalue weighted by molar-refractivity contribution is 5.84. The van der Waals surface area contributed by atoms with Gasteiger partial charge < -0.3 is 14.7 Å². The van der Waals surface area contributed by atoms with Crippen molar-refractivity contribution in [1.29, 1.82) is 0 Å². The number of benzene rings is 2. The third-order valence-corrected chi connectivity index (χ3v) is 4.49. The largest absolute Gasteiger partial charge is 0.481 e. The number of rotatable bonds is 2. The Balaban J connectivity index is 1.87. The number of likely N-dealkylation sites (tertiary alicyclic amines) is 1. The number of carboxylic acid groups (broad SMARTS) is 1. The van der Waals surface area contributed by atoms with Gasteiger partial charge in [0.05, 0.1) is 5.92 Å². The first kappa shape index (κ1) is 17.3. The standard InChI is InChI=1S/C20H23NO4/c1-20(2,3)25-19(24)21-11-16(17(12-21)18(22)23)15-9-8-13-6-4-5-7-14(13)10-15/h4-10,16-17H,11-12H2,1-3H3,(H,22,23). The van der Waals surface area contributed by atoms with Crippen molar-refractivity contribution >= 4 is 22.8 Å². The van der Waals surface area contributed by atoms with Gasteiger partial charge in [-0.3, -0.25) is 4.79 Å². The minimum absolute atomic E-state index is 0.168. The summed E-state index contributed by atoms with van der Waals surface area (Å²) in [5, 5.41) is 11.8. The lowest BCUT2D eigenvalue weighted by Gasteiger charge is -2.24. The van der Waals surface area contributed by atoms with E-state index in [0.717, 1.165) is 16.3 Å². The summed E-state index contributed by atoms with van der Waals surface area (Å²) in [5.41, 5.74) is 0.341. The summed E-state index contributed by atoms with van der Waals surface area (Å²) < 4.78 is 5.40. The molecule has 0 bridgehead atoms. The van der Waals surface area contributed by atoms with E-state index in [2.05, 4.69) is 0 Å². The molecule has 5 nitrogen and oxygen atoms in total. The molecule has 0 aliphatic carbocycles. The number of aliphatic carboxylic acids is 1. The first-order valence-corrected chi connectivity index (χ1v) is 8.44. The molecule has 0 aromatic heterocycles. The fourth-order valence-corrected chi connectivity index (χ4v) is 3.31. The van der Waals surface area contributed by atoms with Crippen molar-refractivity contribution in [1.82, 2.24) is 4.90 Å². The maximum absolute atomic E-state index is 12.3. The summed E-state index contributed by atoms with van der Waals surface area (Å²) in [6.07, 6.45) is -0.456. The molecule has 0 radical (unpaired) electrons. The molecule has 2 unspecified atom stereocenters. The molecule has 1 N–H and O–H groups in total. The average molecular weight is 341 g/mol. The number of carbonyl (C=O) groups excluding carboxylic acids is 1. The topological polar surface area (TPSA) is 66.8 Å². The Morgan fingerprint density at radius 3 is 2.40 bits per heavy atom. The summed E-state index contributed by atoms with van der Waals surface area (Å²) in [7, 11) is 0. The van der Waals surface area contributed by atoms with Gasteiger partial charge in [0, 0.05) is 19.0 Å². The fourth-order valence-electron chi connectivity index (χ4n) is 3.31. The van der Waals surface area contributed by atoms with Gasteiger partial charge >= 0.3 is 12.1 Å². The highest BCUT2D eigenvalue weighted by Gasteiger charge is 2.41. The second-order valence-corrected chi connectivity index (χ2v) is 7.54. The second-order valence-electron chi connectivity index (χ2n) is 7.54. The zero-order chi connectivity index (χ0) is 18.2. The fraction of sp³-hybridized carbons (Fsp3) is 0.400. The number of ether oxygens (including phenoxy) is 1. The van der Waals surface area contributed by atoms with E-state index in [9.17, 15) is 14.7 Å². The molecule has 1 amide bonds. The molecule has 2 aromatic carbocycles. The number of hydrogen-bond donors (Lipinski definition) is 1. The van der Waals surface area contributed by atoms with Crippen LogP contribution >= 0.6 is 0 Å². The number of hydrogen-bond acceptors (Lipinski definition) is 3. The van der Waals surface area contributed by atoms with Crippen LogP contribution in [0.4, 0.5) is 4.79 Å². The van der Waals surface area contributed by atoms with Gasteiger partial charge in [-0.15, -0.1) is 0 Å². The molecule has 1 fully saturated rings. The molecule has 1 heterocycles. The summed E-state index contributed by atoms with van der Waals surface area (Å²) >= 11 is 0. The average Bonchev–Trinajstić information content (AvgIpc) is 2.98. The van der Waals surface area contributed by atoms with Gasteiger partial charge in [0.1, 0.15) is 5.60 Å². The molecule has 2 atom stereocenters. The molecule has 132 valence electrons. The normalized spacial score (nSPS) is 20.7. The Morgan fingerprint density at radius 2 is 1.76 bits per heavy atom. The van der Waals surface area contributed by atoms with Gasteiger partial charge in [-0.2, -0.15) is 0 Å². The minimum atomic E-state index is -0.885. The van der Waals surface area contributed by atoms with E-state index >= 15 is 0 Å². The first-order valence-electron chi connectivity index (χ1n) is 8.44. The monoisotopic (exact) mass is 341 g/mol. The molecule has 2 aromatic rings. The number of carbonyl (C=O) groups is 2. The van der Waals surface area contributed by atoms with Crippen LogP contribution < -0.4 is 0 Å². The van der Waals surface area contributed by atoms with Crippen LogP contribution in [0.3, 0.4) is 0 Å². The van der Waals surface area contributed by atoms with Crippen molar-refractivity contribution in [2.75, 3.05) is 13.1 Å². The highest BCUT2D eigenvalue weighted by atomic mass is 16.6. The lowest BCUT2D eigenvalue weighted by atomic mass is 9.88. The van der Waals surface area contributed by atoms with Crippen LogP contribution in [0.1, 0.15) is 32.3 Å². The van der Waals surface area contributed by atoms with Crippen molar-refractivity contribution < 1.29 is 19.4 Å². The van der Waals surface area contributed by atoms with E-state index in [0.29, 0.717) is 6.54 Å². The van der Waals surface area contributed by atoms with Gasteiger partial charge in [0.25, 0.3) is 0 Å². The van der Waals surface area contributed by atoms with E-state index < -0.39 is 23.6 Å². The predicted molar refractivity (Wildman–Crippen MR) is 95.6 cm³/mol. The van der Waals surface area contributed by atoms with Gasteiger partial charge in [0.15, 0.2) is 0 Å². The van der Waals surface area contributed by atoms with Gasteiger partial charge in [-0.05, 0) is 37.1 Å². The molecule has 0 spiro atoms. The molecule has 1 aliphatic rings. The predicted octanol–water partition coefficient (Wildman–Crippen LogP) is 3.87. The SMILES string of the molecule is CC(C)(C)OC(=O)N1CC(C(=O)O)C(c2ccc3ccccc3c2)C1. The van der Waals surface area contributed by atoms with Crippen LogP contribution in [-0.2, 0) is 9.53 Å². The summed E-state index contributed by atoms with van der Waals surface area (Å²) in [6, 6.07) is 13.9. The lowest BCUT2D eigenvalue weighted by molar-refractivity contribution is -0.141. The second kappa shape index (κ2) is 6.39. The third-order valence-electron chi connectivity index (χ3n) is 4.49. The zero-order valence-corrected chi connectivity index (χ0v) is 14.7. The highest BCUT2D eigenvalue weighted by Crippen LogP contribution is 2.35. The molecule has 25 heavy (non-hydrogen) atoms. The Hall–Kier alpha value is -2.56. The van der Waals surface area contributed by atoms with E-state index in [1.165, 1.54) is 4.90 Å². The quantitative estimate of drug-likeness (QED) is 0.900. The Bertz CT molecular complexity index is 809. The summed E-state index contributed by atoms with van der Waals surface area (Å²) in [6.45, 7) is 5.93. The molecule has 5 heteroatoms. The third kappa shape index (κ3) is 3.76. The van der Waals surface area contributed by atoms with E-state index in [4.69, 9.17) is 4.74 Å². The van der Waals surface area contributed by atoms with E-state index in [1.807, 2.05) is 42.5 Å². The molecular weight excluding hydrogens is 318 g/mol. The lowest BCUT2D eigenvalue weighted by Crippen LogP contribution is -2.35. The Labute approximate surface area is 147 Å². The van der Waals surface area contributed by atoms with Gasteiger partial charge in [-0.25, -0.2) is 4.79 Å². The van der Waals surface area contributed by atoms with Crippen molar-refractivity contribution in [3.8, 4) is 0 Å². The van der Waals surface area contributed by atoms with E-state index in [1.54, 1.807) is 20.8 Å². The van der Waals surface area contributed by atoms with Crippen LogP contribution in [0.15, 0.2) is 42.5 Å². The molecule has 1 aliphatic heterocycles. The summed E-state index contributed by atoms with van der Waals surface area (Å²) in [4.78, 5) is 25.6. The molecule has 0 saturated carbocycles. The van der Waals surface area contributed by atoms with Crippen LogP contribution in [0, 0.1) is 5.92 Å². The van der Waals surface area contributed by atoms with Crippen molar-refractivity contribution in [2.45, 2.75) is 32.3 Å². The van der Waals surface area contributed by atoms with Gasteiger partial charge in [0.2, 0.25) is 0 Å². The number of fused-ring (bicyclic) bond motifs is 1. The molecular formula is C20H23NO4. The molecule has 3 rings (SSSR count). The minimum Gasteiger partial charge on any atom is -0.481 e. The maximum atomic E-state index is 12.3. The first-order chi connectivity index (χ1) is 11.7. The van der Waals surface area contributed by atoms with Gasteiger partial charge in [-0.1, -0.05) is 42.5 Å². The maximum Gasteiger partial charge on any atom is 0.410 e. The van der Waals surface area contributed by atoms with Crippen molar-refractivity contribution in [3.05, 3.63) is 48.0 Å². The summed E-state index contributed by atoms with van der Waals surface area (Å²) in [5.74, 6) is -1.76. The van der Waals surface area contributed by atoms with Crippen LogP contribution in [0.5, 0.6) is 0 Å². The number of amides is 1. The zero-order valence-electron chi connectivity index (χ0n) is 14.7. The number of nitrogens with zero attached hydrogens (tertiary/aromatic N) is 1. The van der Waals surface area contributed by atoms with Crippen LogP contribution in [0.25, 0.3) is 10.8 Å².